The second-order valence-electron chi connectivity index (χ2n) is 7.40. The fourth-order valence-corrected chi connectivity index (χ4v) is 3.86. The number of amides is 1. The molecule has 3 aromatic rings. The Bertz CT molecular complexity index is 1080. The van der Waals surface area contributed by atoms with Gasteiger partial charge in [-0.05, 0) is 48.4 Å². The molecule has 0 atom stereocenters. The molecule has 32 heavy (non-hydrogen) atoms. The molecule has 1 amide bonds. The second-order valence-corrected chi connectivity index (χ2v) is 9.18. The van der Waals surface area contributed by atoms with E-state index in [1.165, 1.54) is 11.8 Å². The molecule has 0 unspecified atom stereocenters. The van der Waals surface area contributed by atoms with E-state index in [4.69, 9.17) is 27.9 Å². The van der Waals surface area contributed by atoms with E-state index in [0.717, 1.165) is 11.3 Å². The summed E-state index contributed by atoms with van der Waals surface area (Å²) in [5.74, 6) is 1.88. The Morgan fingerprint density at radius 1 is 1.22 bits per heavy atom. The lowest BCUT2D eigenvalue weighted by molar-refractivity contribution is -0.113. The first-order valence-electron chi connectivity index (χ1n) is 10.0. The number of hydrogen-bond acceptors (Lipinski definition) is 5. The number of allylic oxidation sites excluding steroid dienone is 1. The topological polar surface area (TPSA) is 69.0 Å². The Morgan fingerprint density at radius 3 is 2.66 bits per heavy atom. The molecule has 9 heteroatoms. The lowest BCUT2D eigenvalue weighted by Crippen LogP contribution is -2.15. The molecule has 0 aliphatic rings. The highest BCUT2D eigenvalue weighted by Gasteiger charge is 2.16. The van der Waals surface area contributed by atoms with Crippen LogP contribution in [0.1, 0.15) is 13.8 Å². The van der Waals surface area contributed by atoms with Gasteiger partial charge in [0.2, 0.25) is 5.91 Å². The van der Waals surface area contributed by atoms with Gasteiger partial charge in [0.25, 0.3) is 0 Å². The Kier molecular flexibility index (Phi) is 8.61. The number of hydrogen-bond donors (Lipinski definition) is 1. The number of nitrogens with one attached hydrogen (secondary N) is 1. The highest BCUT2D eigenvalue weighted by atomic mass is 35.5. The summed E-state index contributed by atoms with van der Waals surface area (Å²) in [4.78, 5) is 12.4. The molecule has 0 aliphatic carbocycles. The molecule has 168 valence electrons. The minimum atomic E-state index is -0.222. The number of anilines is 1. The van der Waals surface area contributed by atoms with Crippen molar-refractivity contribution in [2.24, 2.45) is 5.92 Å². The van der Waals surface area contributed by atoms with Crippen LogP contribution in [0.4, 0.5) is 5.69 Å². The van der Waals surface area contributed by atoms with Crippen molar-refractivity contribution in [3.8, 4) is 17.1 Å². The van der Waals surface area contributed by atoms with Crippen LogP contribution >= 0.6 is 35.0 Å². The van der Waals surface area contributed by atoms with E-state index in [2.05, 4.69) is 35.9 Å². The van der Waals surface area contributed by atoms with Crippen molar-refractivity contribution in [3.05, 3.63) is 65.2 Å². The standard InChI is InChI=1S/C23H24Cl2N4O2S/c1-4-11-29-22(16-5-8-18(9-6-16)31-13-15(2)3)27-28-23(29)32-14-21(30)26-20-12-17(24)7-10-19(20)25/h4-10,12,15H,1,11,13-14H2,2-3H3,(H,26,30). The molecule has 1 N–H and O–H groups in total. The molecule has 0 saturated carbocycles. The molecular weight excluding hydrogens is 467 g/mol. The molecule has 0 spiro atoms. The fourth-order valence-electron chi connectivity index (χ4n) is 2.78. The number of carbonyl (C=O) groups excluding carboxylic acids is 1. The van der Waals surface area contributed by atoms with Crippen LogP contribution in [0, 0.1) is 5.92 Å². The molecule has 3 rings (SSSR count). The van der Waals surface area contributed by atoms with Crippen molar-refractivity contribution < 1.29 is 9.53 Å². The van der Waals surface area contributed by atoms with Crippen molar-refractivity contribution in [1.29, 1.82) is 0 Å². The molecule has 0 saturated heterocycles. The van der Waals surface area contributed by atoms with Crippen LogP contribution in [0.3, 0.4) is 0 Å². The van der Waals surface area contributed by atoms with Gasteiger partial charge in [-0.1, -0.05) is 54.9 Å². The molecule has 6 nitrogen and oxygen atoms in total. The van der Waals surface area contributed by atoms with Crippen LogP contribution in [-0.2, 0) is 11.3 Å². The van der Waals surface area contributed by atoms with Crippen molar-refractivity contribution in [1.82, 2.24) is 14.8 Å². The summed E-state index contributed by atoms with van der Waals surface area (Å²) in [6.45, 7) is 9.21. The third-order valence-corrected chi connectivity index (χ3v) is 5.79. The monoisotopic (exact) mass is 490 g/mol. The van der Waals surface area contributed by atoms with E-state index in [9.17, 15) is 4.79 Å². The van der Waals surface area contributed by atoms with Crippen LogP contribution in [0.25, 0.3) is 11.4 Å². The second kappa shape index (κ2) is 11.4. The number of rotatable bonds is 10. The van der Waals surface area contributed by atoms with Crippen LogP contribution in [0.15, 0.2) is 60.3 Å². The number of nitrogens with zero attached hydrogens (tertiary/aromatic N) is 3. The number of aromatic nitrogens is 3. The van der Waals surface area contributed by atoms with Gasteiger partial charge in [0.05, 0.1) is 23.1 Å². The van der Waals surface area contributed by atoms with Gasteiger partial charge in [-0.3, -0.25) is 9.36 Å². The zero-order chi connectivity index (χ0) is 23.1. The van der Waals surface area contributed by atoms with Gasteiger partial charge in [-0.2, -0.15) is 0 Å². The van der Waals surface area contributed by atoms with Crippen LogP contribution in [-0.4, -0.2) is 33.0 Å². The summed E-state index contributed by atoms with van der Waals surface area (Å²) in [6, 6.07) is 12.6. The van der Waals surface area contributed by atoms with Gasteiger partial charge < -0.3 is 10.1 Å². The molecule has 0 radical (unpaired) electrons. The third kappa shape index (κ3) is 6.51. The zero-order valence-electron chi connectivity index (χ0n) is 17.8. The van der Waals surface area contributed by atoms with Crippen LogP contribution < -0.4 is 10.1 Å². The van der Waals surface area contributed by atoms with Gasteiger partial charge >= 0.3 is 0 Å². The maximum absolute atomic E-state index is 12.4. The highest BCUT2D eigenvalue weighted by molar-refractivity contribution is 7.99. The normalized spacial score (nSPS) is 10.9. The SMILES string of the molecule is C=CCn1c(SCC(=O)Nc2cc(Cl)ccc2Cl)nnc1-c1ccc(OCC(C)C)cc1. The number of ether oxygens (including phenoxy) is 1. The molecule has 0 bridgehead atoms. The largest absolute Gasteiger partial charge is 0.493 e. The predicted octanol–water partition coefficient (Wildman–Crippen LogP) is 6.20. The summed E-state index contributed by atoms with van der Waals surface area (Å²) >= 11 is 13.4. The van der Waals surface area contributed by atoms with E-state index in [1.54, 1.807) is 24.3 Å². The molecule has 0 fully saturated rings. The van der Waals surface area contributed by atoms with Crippen molar-refractivity contribution >= 4 is 46.6 Å². The van der Waals surface area contributed by atoms with Gasteiger partial charge in [0, 0.05) is 17.1 Å². The Balaban J connectivity index is 1.69. The Hall–Kier alpha value is -2.48. The summed E-state index contributed by atoms with van der Waals surface area (Å²) < 4.78 is 7.66. The first kappa shape index (κ1) is 24.2. The van der Waals surface area contributed by atoms with E-state index in [1.807, 2.05) is 28.8 Å². The summed E-state index contributed by atoms with van der Waals surface area (Å²) in [7, 11) is 0. The first-order chi connectivity index (χ1) is 15.4. The van der Waals surface area contributed by atoms with Crippen LogP contribution in [0.2, 0.25) is 10.0 Å². The van der Waals surface area contributed by atoms with E-state index in [0.29, 0.717) is 45.8 Å². The minimum absolute atomic E-state index is 0.139. The maximum Gasteiger partial charge on any atom is 0.234 e. The fraction of sp³-hybridized carbons (Fsp3) is 0.261. The van der Waals surface area contributed by atoms with Gasteiger partial charge in [-0.25, -0.2) is 0 Å². The maximum atomic E-state index is 12.4. The number of benzene rings is 2. The smallest absolute Gasteiger partial charge is 0.234 e. The van der Waals surface area contributed by atoms with Gasteiger partial charge in [0.1, 0.15) is 5.75 Å². The lowest BCUT2D eigenvalue weighted by atomic mass is 10.2. The predicted molar refractivity (Wildman–Crippen MR) is 132 cm³/mol. The Morgan fingerprint density at radius 2 is 1.97 bits per heavy atom. The zero-order valence-corrected chi connectivity index (χ0v) is 20.2. The van der Waals surface area contributed by atoms with E-state index < -0.39 is 0 Å². The average molecular weight is 491 g/mol. The summed E-state index contributed by atoms with van der Waals surface area (Å²) in [6.07, 6.45) is 1.77. The van der Waals surface area contributed by atoms with E-state index >= 15 is 0 Å². The molecule has 1 heterocycles. The molecule has 1 aromatic heterocycles. The highest BCUT2D eigenvalue weighted by Crippen LogP contribution is 2.28. The minimum Gasteiger partial charge on any atom is -0.493 e. The average Bonchev–Trinajstić information content (AvgIpc) is 3.16. The van der Waals surface area contributed by atoms with Crippen molar-refractivity contribution in [2.75, 3.05) is 17.7 Å². The number of halogens is 2. The van der Waals surface area contributed by atoms with Gasteiger partial charge in [-0.15, -0.1) is 16.8 Å². The van der Waals surface area contributed by atoms with Crippen molar-refractivity contribution in [2.45, 2.75) is 25.5 Å². The van der Waals surface area contributed by atoms with Crippen LogP contribution in [0.5, 0.6) is 5.75 Å². The number of thioether (sulfide) groups is 1. The quantitative estimate of drug-likeness (QED) is 0.270. The number of carbonyl (C=O) groups is 1. The lowest BCUT2D eigenvalue weighted by Gasteiger charge is -2.10. The summed E-state index contributed by atoms with van der Waals surface area (Å²) in [5.41, 5.74) is 1.37. The van der Waals surface area contributed by atoms with Gasteiger partial charge in [0.15, 0.2) is 11.0 Å². The molecular formula is C23H24Cl2N4O2S. The molecule has 2 aromatic carbocycles. The van der Waals surface area contributed by atoms with Crippen molar-refractivity contribution in [3.63, 3.8) is 0 Å². The summed E-state index contributed by atoms with van der Waals surface area (Å²) in [5, 5.41) is 12.9. The van der Waals surface area contributed by atoms with E-state index in [-0.39, 0.29) is 11.7 Å². The third-order valence-electron chi connectivity index (χ3n) is 4.26. The Labute approximate surface area is 202 Å². The first-order valence-corrected chi connectivity index (χ1v) is 11.8. The molecule has 0 aliphatic heterocycles.